The third kappa shape index (κ3) is 6.50. The van der Waals surface area contributed by atoms with E-state index in [0.29, 0.717) is 12.1 Å². The maximum Gasteiger partial charge on any atom is 0.416 e. The number of pyridine rings is 1. The van der Waals surface area contributed by atoms with Gasteiger partial charge in [0, 0.05) is 23.6 Å². The number of aromatic nitrogens is 4. The number of benzene rings is 3. The Kier molecular flexibility index (Phi) is 8.13. The molecule has 6 rings (SSSR count). The number of ether oxygens (including phenoxy) is 1. The van der Waals surface area contributed by atoms with Gasteiger partial charge in [-0.05, 0) is 48.0 Å². The molecule has 3 aromatic heterocycles. The number of halogens is 7. The number of carboxylic acid groups (broad SMARTS) is 1. The first kappa shape index (κ1) is 31.3. The maximum atomic E-state index is 15.5. The predicted molar refractivity (Wildman–Crippen MR) is 150 cm³/mol. The van der Waals surface area contributed by atoms with Crippen LogP contribution in [-0.4, -0.2) is 30.6 Å². The molecule has 240 valence electrons. The third-order valence-corrected chi connectivity index (χ3v) is 7.15. The molecule has 0 atom stereocenters. The number of rotatable bonds is 9. The fourth-order valence-electron chi connectivity index (χ4n) is 4.86. The van der Waals surface area contributed by atoms with E-state index >= 15 is 8.78 Å². The summed E-state index contributed by atoms with van der Waals surface area (Å²) in [5.41, 5.74) is -2.29. The quantitative estimate of drug-likeness (QED) is 0.160. The van der Waals surface area contributed by atoms with Crippen LogP contribution in [0.4, 0.5) is 30.7 Å². The van der Waals surface area contributed by atoms with Crippen molar-refractivity contribution in [3.05, 3.63) is 130 Å². The van der Waals surface area contributed by atoms with Crippen molar-refractivity contribution in [2.24, 2.45) is 0 Å². The lowest BCUT2D eigenvalue weighted by Crippen LogP contribution is -2.08. The van der Waals surface area contributed by atoms with Gasteiger partial charge in [0.2, 0.25) is 11.8 Å². The van der Waals surface area contributed by atoms with Crippen LogP contribution in [0.1, 0.15) is 38.8 Å². The van der Waals surface area contributed by atoms with Gasteiger partial charge in [0.25, 0.3) is 0 Å². The van der Waals surface area contributed by atoms with Crippen LogP contribution in [0, 0.1) is 23.3 Å². The molecular formula is C32H19F7N4O4. The van der Waals surface area contributed by atoms with E-state index in [4.69, 9.17) is 9.15 Å². The third-order valence-electron chi connectivity index (χ3n) is 7.15. The van der Waals surface area contributed by atoms with Gasteiger partial charge in [0.15, 0.2) is 5.82 Å². The Morgan fingerprint density at radius 1 is 0.894 bits per heavy atom. The summed E-state index contributed by atoms with van der Waals surface area (Å²) in [6, 6.07) is 9.90. The van der Waals surface area contributed by atoms with E-state index in [1.54, 1.807) is 0 Å². The lowest BCUT2D eigenvalue weighted by atomic mass is 10.0. The van der Waals surface area contributed by atoms with Gasteiger partial charge in [0.1, 0.15) is 48.2 Å². The molecule has 0 radical (unpaired) electrons. The highest BCUT2D eigenvalue weighted by Gasteiger charge is 2.31. The first-order valence-electron chi connectivity index (χ1n) is 13.6. The molecule has 3 aromatic carbocycles. The lowest BCUT2D eigenvalue weighted by Gasteiger charge is -2.12. The average molecular weight is 657 g/mol. The van der Waals surface area contributed by atoms with E-state index in [1.807, 2.05) is 0 Å². The Bertz CT molecular complexity index is 2130. The number of hydrogen-bond donors (Lipinski definition) is 1. The van der Waals surface area contributed by atoms with Gasteiger partial charge >= 0.3 is 12.1 Å². The van der Waals surface area contributed by atoms with Crippen molar-refractivity contribution >= 4 is 17.0 Å². The molecule has 6 aromatic rings. The van der Waals surface area contributed by atoms with E-state index in [9.17, 15) is 31.9 Å². The van der Waals surface area contributed by atoms with Gasteiger partial charge in [0.05, 0.1) is 28.5 Å². The molecule has 47 heavy (non-hydrogen) atoms. The summed E-state index contributed by atoms with van der Waals surface area (Å²) in [5, 5.41) is 9.41. The van der Waals surface area contributed by atoms with Gasteiger partial charge < -0.3 is 18.8 Å². The van der Waals surface area contributed by atoms with Crippen molar-refractivity contribution in [3.63, 3.8) is 0 Å². The van der Waals surface area contributed by atoms with Crippen molar-refractivity contribution in [2.45, 2.75) is 25.7 Å². The van der Waals surface area contributed by atoms with Crippen LogP contribution in [0.15, 0.2) is 77.5 Å². The Hall–Kier alpha value is -5.73. The first-order chi connectivity index (χ1) is 22.4. The second-order valence-corrected chi connectivity index (χ2v) is 10.2. The molecule has 0 fully saturated rings. The molecule has 15 heteroatoms. The summed E-state index contributed by atoms with van der Waals surface area (Å²) < 4.78 is 111. The van der Waals surface area contributed by atoms with Crippen molar-refractivity contribution in [2.75, 3.05) is 0 Å². The highest BCUT2D eigenvalue weighted by atomic mass is 19.4. The smallest absolute Gasteiger partial charge is 0.416 e. The fraction of sp³-hybridized carbons (Fsp3) is 0.125. The van der Waals surface area contributed by atoms with E-state index in [2.05, 4.69) is 15.0 Å². The topological polar surface area (TPSA) is 103 Å². The molecule has 0 aliphatic rings. The number of alkyl halides is 3. The number of aromatic carboxylic acids is 1. The summed E-state index contributed by atoms with van der Waals surface area (Å²) in [7, 11) is 0. The monoisotopic (exact) mass is 656 g/mol. The molecule has 0 unspecified atom stereocenters. The number of carboxylic acids is 1. The number of imidazole rings is 1. The Labute approximate surface area is 259 Å². The molecular weight excluding hydrogens is 637 g/mol. The molecule has 1 N–H and O–H groups in total. The minimum Gasteiger partial charge on any atom is -0.478 e. The number of nitrogens with zero attached hydrogens (tertiary/aromatic N) is 4. The van der Waals surface area contributed by atoms with Gasteiger partial charge in [-0.25, -0.2) is 37.3 Å². The van der Waals surface area contributed by atoms with Crippen LogP contribution >= 0.6 is 0 Å². The molecule has 0 aliphatic heterocycles. The second-order valence-electron chi connectivity index (χ2n) is 10.2. The molecule has 8 nitrogen and oxygen atoms in total. The number of oxazole rings is 1. The van der Waals surface area contributed by atoms with Crippen LogP contribution in [0.3, 0.4) is 0 Å². The van der Waals surface area contributed by atoms with Crippen LogP contribution < -0.4 is 4.74 Å². The fourth-order valence-corrected chi connectivity index (χ4v) is 4.86. The van der Waals surface area contributed by atoms with Crippen molar-refractivity contribution in [1.29, 1.82) is 0 Å². The normalized spacial score (nSPS) is 11.7. The molecule has 0 aliphatic carbocycles. The minimum absolute atomic E-state index is 0.0576. The molecule has 0 amide bonds. The zero-order valence-electron chi connectivity index (χ0n) is 23.7. The zero-order valence-corrected chi connectivity index (χ0v) is 23.7. The standard InChI is InChI=1S/C32H19F7N4O4/c33-21-12-19(32(37,38)39)5-4-16(21)15-47-28-3-1-2-25(41-28)20-13-22(34)17(8-23(20)35)11-27-42-30-24(36)9-18(31(44)45)10-26(30)43(27)14-29-40-6-7-46-29/h1-10,12-13H,11,14-15H2,(H,44,45). The van der Waals surface area contributed by atoms with Crippen molar-refractivity contribution < 1.29 is 49.8 Å². The van der Waals surface area contributed by atoms with Crippen LogP contribution in [0.2, 0.25) is 0 Å². The Morgan fingerprint density at radius 3 is 2.38 bits per heavy atom. The summed E-state index contributed by atoms with van der Waals surface area (Å²) >= 11 is 0. The molecule has 0 bridgehead atoms. The summed E-state index contributed by atoms with van der Waals surface area (Å²) in [6.45, 7) is -0.601. The van der Waals surface area contributed by atoms with E-state index < -0.39 is 47.6 Å². The van der Waals surface area contributed by atoms with Crippen molar-refractivity contribution in [3.8, 4) is 17.1 Å². The maximum absolute atomic E-state index is 15.5. The summed E-state index contributed by atoms with van der Waals surface area (Å²) in [5.74, 6) is -5.11. The van der Waals surface area contributed by atoms with Crippen molar-refractivity contribution in [1.82, 2.24) is 19.5 Å². The molecule has 0 saturated heterocycles. The van der Waals surface area contributed by atoms with Crippen LogP contribution in [-0.2, 0) is 25.7 Å². The van der Waals surface area contributed by atoms with Gasteiger partial charge in [-0.2, -0.15) is 13.2 Å². The summed E-state index contributed by atoms with van der Waals surface area (Å²) in [4.78, 5) is 23.9. The largest absolute Gasteiger partial charge is 0.478 e. The Morgan fingerprint density at radius 2 is 1.68 bits per heavy atom. The highest BCUT2D eigenvalue weighted by molar-refractivity contribution is 5.92. The average Bonchev–Trinajstić information content (AvgIpc) is 3.66. The highest BCUT2D eigenvalue weighted by Crippen LogP contribution is 2.32. The molecule has 0 spiro atoms. The summed E-state index contributed by atoms with van der Waals surface area (Å²) in [6.07, 6.45) is -2.39. The minimum atomic E-state index is -4.72. The van der Waals surface area contributed by atoms with Crippen LogP contribution in [0.5, 0.6) is 5.88 Å². The number of hydrogen-bond acceptors (Lipinski definition) is 6. The molecule has 0 saturated carbocycles. The van der Waals surface area contributed by atoms with Gasteiger partial charge in [-0.15, -0.1) is 0 Å². The van der Waals surface area contributed by atoms with Gasteiger partial charge in [-0.1, -0.05) is 12.1 Å². The van der Waals surface area contributed by atoms with E-state index in [1.165, 1.54) is 41.3 Å². The van der Waals surface area contributed by atoms with E-state index in [0.717, 1.165) is 24.3 Å². The number of carbonyl (C=O) groups is 1. The lowest BCUT2D eigenvalue weighted by molar-refractivity contribution is -0.137. The molecule has 3 heterocycles. The first-order valence-corrected chi connectivity index (χ1v) is 13.6. The number of fused-ring (bicyclic) bond motifs is 1. The van der Waals surface area contributed by atoms with Crippen LogP contribution in [0.25, 0.3) is 22.3 Å². The predicted octanol–water partition coefficient (Wildman–Crippen LogP) is 7.58. The van der Waals surface area contributed by atoms with E-state index in [-0.39, 0.29) is 69.5 Å². The Balaban J connectivity index is 1.28. The van der Waals surface area contributed by atoms with Gasteiger partial charge in [-0.3, -0.25) is 0 Å². The second kappa shape index (κ2) is 12.2. The zero-order chi connectivity index (χ0) is 33.5. The SMILES string of the molecule is O=C(O)c1cc(F)c2nc(Cc3cc(F)c(-c4cccc(OCc5ccc(C(F)(F)F)cc5F)n4)cc3F)n(Cc3ncco3)c2c1.